The van der Waals surface area contributed by atoms with Crippen LogP contribution in [0, 0.1) is 13.2 Å². The maximum atomic E-state index is 11.1. The van der Waals surface area contributed by atoms with Gasteiger partial charge >= 0.3 is 0 Å². The number of para-hydroxylation sites is 2. The molecule has 0 fully saturated rings. The summed E-state index contributed by atoms with van der Waals surface area (Å²) >= 11 is 0. The standard InChI is InChI=1S/C99H82N4OSi2/c1-70-60-96(100-68-90(70)71-34-15-8-16-35-71)103-91-54-30-29-52-88(91)89-58-57-79(67-93(89)103)104-78-38-32-37-77(66-78)101-69-102(92-59-56-73(64-94(92)101)72-36-31-51-86(63-72)105(80-39-17-9-18-40-80,81-41-19-10-20-42-81)82-43-21-11-22-44-82)97-87(74-61-75(98(2,3)4)65-76(62-74)99(5,6)7)53-33-55-95(97)106(83-45-23-12-24-46-83,84-47-25-13-26-48-84)85-49-27-14-28-50-85/h8-68H,1-7H3/i1D3,8D,9D,10D,11D,12D,13D,14D,15D,16D,17D,18D,19D,20D,21D,22D,23D,24D,25D,26D,27D,28D,31D,34D,35D,36D,39D,40D,41D,42D,43D,44D,45D,46D,47D,48D,49D,50D,51D,63D. The number of hydrogen-bond acceptors (Lipinski definition) is 2. The monoisotopic (exact) mass is 1440 g/mol. The average molecular weight is 1440 g/mol. The largest absolute Gasteiger partial charge is 0.458 e. The summed E-state index contributed by atoms with van der Waals surface area (Å²) in [5, 5.41) is -6.62. The minimum absolute atomic E-state index is 0.0211. The molecule has 0 amide bonds. The summed E-state index contributed by atoms with van der Waals surface area (Å²) in [6, 6.07) is -10.7. The third-order valence-corrected chi connectivity index (χ3v) is 26.9. The zero-order chi connectivity index (χ0) is 109. The maximum Gasteiger partial charge on any atom is 0.269 e. The molecule has 17 aromatic rings. The molecule has 106 heavy (non-hydrogen) atoms. The minimum atomic E-state index is -6.57. The summed E-state index contributed by atoms with van der Waals surface area (Å²) in [6.07, 6.45) is 4.57. The molecule has 0 aliphatic heterocycles. The first-order chi connectivity index (χ1) is 69.1. The molecule has 0 saturated heterocycles. The highest BCUT2D eigenvalue weighted by molar-refractivity contribution is 7.20. The number of fused-ring (bicyclic) bond motifs is 4. The fourth-order valence-corrected chi connectivity index (χ4v) is 21.2. The van der Waals surface area contributed by atoms with E-state index in [9.17, 15) is 42.5 Å². The van der Waals surface area contributed by atoms with Crippen molar-refractivity contribution >= 4 is 90.5 Å². The van der Waals surface area contributed by atoms with Gasteiger partial charge < -0.3 is 4.74 Å². The summed E-state index contributed by atoms with van der Waals surface area (Å²) in [4.78, 5) is 4.73. The van der Waals surface area contributed by atoms with Crippen molar-refractivity contribution in [2.75, 3.05) is 0 Å². The van der Waals surface area contributed by atoms with Crippen LogP contribution in [0.15, 0.2) is 369 Å². The number of imidazole rings is 1. The van der Waals surface area contributed by atoms with E-state index in [0.717, 1.165) is 6.20 Å². The van der Waals surface area contributed by atoms with Crippen LogP contribution in [-0.2, 0) is 10.8 Å². The van der Waals surface area contributed by atoms with Crippen molar-refractivity contribution in [3.05, 3.63) is 392 Å². The molecule has 0 unspecified atom stereocenters. The Morgan fingerprint density at radius 2 is 0.925 bits per heavy atom. The van der Waals surface area contributed by atoms with Gasteiger partial charge in [0.15, 0.2) is 16.1 Å². The first-order valence-corrected chi connectivity index (χ1v) is 37.4. The van der Waals surface area contributed by atoms with Crippen molar-refractivity contribution in [2.24, 2.45) is 0 Å². The van der Waals surface area contributed by atoms with Crippen LogP contribution in [0.5, 0.6) is 11.5 Å². The Morgan fingerprint density at radius 1 is 0.406 bits per heavy atom. The zero-order valence-electron chi connectivity index (χ0n) is 99.4. The first-order valence-electron chi connectivity index (χ1n) is 54.4. The Hall–Kier alpha value is -12.3. The molecule has 14 aromatic carbocycles. The van der Waals surface area contributed by atoms with E-state index in [1.54, 1.807) is 65.2 Å². The van der Waals surface area contributed by atoms with E-state index < -0.39 is 333 Å². The van der Waals surface area contributed by atoms with Gasteiger partial charge in [-0.15, -0.1) is 0 Å². The van der Waals surface area contributed by atoms with Crippen molar-refractivity contribution in [3.63, 3.8) is 0 Å². The third-order valence-electron chi connectivity index (χ3n) is 18.7. The summed E-state index contributed by atoms with van der Waals surface area (Å²) in [5.41, 5.74) is -2.25. The second-order valence-corrected chi connectivity index (χ2v) is 34.0. The number of aryl methyl sites for hydroxylation is 1. The van der Waals surface area contributed by atoms with Gasteiger partial charge in [0, 0.05) is 32.7 Å². The molecule has 0 aliphatic carbocycles. The van der Waals surface area contributed by atoms with Crippen LogP contribution in [0.1, 0.15) is 116 Å². The maximum absolute atomic E-state index is 11.1. The van der Waals surface area contributed by atoms with Gasteiger partial charge in [0.1, 0.15) is 17.3 Å². The highest BCUT2D eigenvalue weighted by atomic mass is 28.3. The molecule has 5 nitrogen and oxygen atoms in total. The predicted molar refractivity (Wildman–Crippen MR) is 448 cm³/mol. The number of benzene rings is 14. The molecule has 0 atom stereocenters. The fourth-order valence-electron chi connectivity index (χ4n) is 13.7. The molecular weight excluding hydrogens is 1320 g/mol. The van der Waals surface area contributed by atoms with Crippen LogP contribution in [0.4, 0.5) is 0 Å². The van der Waals surface area contributed by atoms with Crippen LogP contribution in [0.3, 0.4) is 0 Å². The first kappa shape index (κ1) is 35.0. The quantitative estimate of drug-likeness (QED) is 0.0418. The van der Waals surface area contributed by atoms with Crippen LogP contribution in [0.2, 0.25) is 0 Å². The van der Waals surface area contributed by atoms with Crippen LogP contribution in [-0.4, -0.2) is 30.3 Å². The van der Waals surface area contributed by atoms with Crippen molar-refractivity contribution in [1.29, 1.82) is 0 Å². The number of aromatic nitrogens is 4. The third kappa shape index (κ3) is 11.9. The van der Waals surface area contributed by atoms with Crippen molar-refractivity contribution in [3.8, 4) is 62.1 Å². The average Bonchev–Trinajstić information content (AvgIpc) is 1.04. The summed E-state index contributed by atoms with van der Waals surface area (Å²) in [5.74, 6) is -0.00937. The number of hydrogen-bond donors (Lipinski definition) is 0. The van der Waals surface area contributed by atoms with Gasteiger partial charge in [-0.25, -0.2) is 4.98 Å². The van der Waals surface area contributed by atoms with E-state index in [0.29, 0.717) is 32.9 Å². The van der Waals surface area contributed by atoms with Gasteiger partial charge in [-0.3, -0.25) is 13.7 Å². The molecule has 0 aliphatic rings. The van der Waals surface area contributed by atoms with Gasteiger partial charge in [0.2, 0.25) is 0 Å². The lowest BCUT2D eigenvalue weighted by Crippen LogP contribution is -2.76. The molecule has 3 heterocycles. The van der Waals surface area contributed by atoms with E-state index in [-0.39, 0.29) is 56.4 Å². The number of nitrogens with zero attached hydrogens (tertiary/aromatic N) is 4. The van der Waals surface area contributed by atoms with E-state index in [1.165, 1.54) is 69.8 Å². The molecule has 0 radical (unpaired) electrons. The summed E-state index contributed by atoms with van der Waals surface area (Å²) in [7, 11) is -12.9. The molecular formula is C99H82N4OSi2. The van der Waals surface area contributed by atoms with Gasteiger partial charge in [0.05, 0.1) is 86.9 Å². The lowest BCUT2D eigenvalue weighted by molar-refractivity contribution is -0.570. The molecule has 0 spiro atoms. The molecule has 0 N–H and O–H groups in total. The van der Waals surface area contributed by atoms with E-state index in [1.807, 2.05) is 47.6 Å². The van der Waals surface area contributed by atoms with Crippen molar-refractivity contribution in [2.45, 2.75) is 59.2 Å². The minimum Gasteiger partial charge on any atom is -0.458 e. The van der Waals surface area contributed by atoms with Crippen LogP contribution in [0.25, 0.3) is 83.4 Å². The Morgan fingerprint density at radius 3 is 1.50 bits per heavy atom. The number of rotatable bonds is 16. The molecule has 0 bridgehead atoms. The molecule has 0 saturated carbocycles. The number of pyridine rings is 1. The van der Waals surface area contributed by atoms with Gasteiger partial charge in [-0.2, -0.15) is 0 Å². The lowest BCUT2D eigenvalue weighted by atomic mass is 9.79. The van der Waals surface area contributed by atoms with Gasteiger partial charge in [0.25, 0.3) is 6.33 Å². The van der Waals surface area contributed by atoms with Crippen molar-refractivity contribution in [1.82, 2.24) is 14.1 Å². The van der Waals surface area contributed by atoms with Gasteiger partial charge in [-0.05, 0) is 152 Å². The fraction of sp³-hybridized carbons (Fsp3) is 0.0909. The zero-order valence-corrected chi connectivity index (χ0v) is 59.4. The van der Waals surface area contributed by atoms with Crippen LogP contribution >= 0.6 is 0 Å². The highest BCUT2D eigenvalue weighted by Gasteiger charge is 2.45. The van der Waals surface area contributed by atoms with Crippen molar-refractivity contribution < 1.29 is 66.9 Å². The summed E-state index contributed by atoms with van der Waals surface area (Å²) in [6.45, 7) is 8.49. The molecule has 3 aromatic heterocycles. The molecule has 17 rings (SSSR count). The highest BCUT2D eigenvalue weighted by Crippen LogP contribution is 2.40. The van der Waals surface area contributed by atoms with E-state index >= 15 is 0 Å². The normalized spacial score (nSPS) is 17.8. The Balaban J connectivity index is 1.06. The molecule has 512 valence electrons. The second kappa shape index (κ2) is 27.4. The Bertz CT molecular complexity index is 8150. The summed E-state index contributed by atoms with van der Waals surface area (Å²) < 4.78 is 413. The topological polar surface area (TPSA) is 35.9 Å². The smallest absolute Gasteiger partial charge is 0.269 e. The second-order valence-electron chi connectivity index (χ2n) is 26.9. The molecule has 7 heteroatoms. The Labute approximate surface area is 683 Å². The predicted octanol–water partition coefficient (Wildman–Crippen LogP) is 18.7. The Kier molecular flexibility index (Phi) is 9.05. The number of ether oxygens (including phenoxy) is 1. The SMILES string of the molecule is [2H]c1c([2H])c([2H])c(-c2cnc(-n3c4ccccc4c4ccc(Oc5cccc(-n6[c-][n+](-c7c(-c8cc(C(C)(C)C)cc(C(C)(C)C)c8)cccc7[Si](c7c([2H])c([2H])c([2H])c([2H])c7[2H])(c7c([2H])c([2H])c([2H])c([2H])c7[2H])c7c([2H])c([2H])c([2H])c([2H])c7[2H])c7ccc(-c8c([2H])c([2H])c([2H])c([Si](c9c([2H])c([2H])c([2H])c([2H])c9[2H])(c9c([2H])c([2H])c([2H])c([2H])c9[2H])c9c([2H])c([2H])c([2H])c([2H])c9[2H])c8[2H])cc76)c5)cc43)cc2C([2H])([2H])[2H])c([2H])c1[2H]. The van der Waals surface area contributed by atoms with Crippen LogP contribution < -0.4 is 50.8 Å². The van der Waals surface area contributed by atoms with Gasteiger partial charge in [-0.1, -0.05) is 350 Å². The lowest BCUT2D eigenvalue weighted by Gasteiger charge is -2.37. The van der Waals surface area contributed by atoms with E-state index in [2.05, 4.69) is 6.33 Å². The van der Waals surface area contributed by atoms with E-state index in [4.69, 9.17) is 24.8 Å².